The van der Waals surface area contributed by atoms with Gasteiger partial charge in [-0.2, -0.15) is 5.26 Å². The van der Waals surface area contributed by atoms with E-state index in [0.717, 1.165) is 19.4 Å². The topological polar surface area (TPSA) is 64.9 Å². The van der Waals surface area contributed by atoms with Crippen LogP contribution in [0.5, 0.6) is 0 Å². The third-order valence-corrected chi connectivity index (χ3v) is 2.66. The number of carbonyl (C=O) groups excluding carboxylic acids is 1. The van der Waals surface area contributed by atoms with Gasteiger partial charge in [0, 0.05) is 6.54 Å². The van der Waals surface area contributed by atoms with E-state index < -0.39 is 5.54 Å². The molecule has 2 N–H and O–H groups in total. The standard InChI is InChI=1S/C10H17N3O/c1-8(6-11)7-12-9(14)10(2)4-3-5-13-10/h8,13H,3-5,7H2,1-2H3,(H,12,14). The van der Waals surface area contributed by atoms with Crippen molar-refractivity contribution in [2.75, 3.05) is 13.1 Å². The second-order valence-corrected chi connectivity index (χ2v) is 4.10. The highest BCUT2D eigenvalue weighted by molar-refractivity contribution is 5.86. The second-order valence-electron chi connectivity index (χ2n) is 4.10. The highest BCUT2D eigenvalue weighted by Crippen LogP contribution is 2.18. The fourth-order valence-electron chi connectivity index (χ4n) is 1.57. The highest BCUT2D eigenvalue weighted by Gasteiger charge is 2.35. The minimum atomic E-state index is -0.421. The first-order chi connectivity index (χ1) is 6.58. The van der Waals surface area contributed by atoms with Gasteiger partial charge in [0.05, 0.1) is 17.5 Å². The molecule has 1 saturated heterocycles. The molecule has 1 rings (SSSR count). The predicted octanol–water partition coefficient (Wildman–Crippen LogP) is 0.404. The van der Waals surface area contributed by atoms with E-state index in [9.17, 15) is 4.79 Å². The summed E-state index contributed by atoms with van der Waals surface area (Å²) in [7, 11) is 0. The summed E-state index contributed by atoms with van der Waals surface area (Å²) in [6.07, 6.45) is 1.91. The van der Waals surface area contributed by atoms with Gasteiger partial charge in [-0.1, -0.05) is 0 Å². The van der Waals surface area contributed by atoms with Crippen LogP contribution in [0, 0.1) is 17.2 Å². The Morgan fingerprint density at radius 1 is 1.79 bits per heavy atom. The van der Waals surface area contributed by atoms with Gasteiger partial charge in [-0.05, 0) is 33.2 Å². The third kappa shape index (κ3) is 2.46. The molecule has 0 aliphatic carbocycles. The van der Waals surface area contributed by atoms with Crippen molar-refractivity contribution in [3.8, 4) is 6.07 Å². The molecule has 0 aromatic rings. The molecule has 0 aromatic carbocycles. The molecule has 78 valence electrons. The summed E-state index contributed by atoms with van der Waals surface area (Å²) in [4.78, 5) is 11.7. The van der Waals surface area contributed by atoms with Gasteiger partial charge in [0.15, 0.2) is 0 Å². The smallest absolute Gasteiger partial charge is 0.240 e. The summed E-state index contributed by atoms with van der Waals surface area (Å²) >= 11 is 0. The molecule has 0 spiro atoms. The number of nitriles is 1. The summed E-state index contributed by atoms with van der Waals surface area (Å²) in [6.45, 7) is 5.04. The molecule has 2 atom stereocenters. The van der Waals surface area contributed by atoms with E-state index in [1.165, 1.54) is 0 Å². The summed E-state index contributed by atoms with van der Waals surface area (Å²) < 4.78 is 0. The zero-order valence-corrected chi connectivity index (χ0v) is 8.76. The number of nitrogens with zero attached hydrogens (tertiary/aromatic N) is 1. The van der Waals surface area contributed by atoms with Crippen molar-refractivity contribution in [3.05, 3.63) is 0 Å². The first kappa shape index (κ1) is 11.0. The zero-order chi connectivity index (χ0) is 10.6. The molecule has 0 bridgehead atoms. The van der Waals surface area contributed by atoms with Crippen molar-refractivity contribution in [2.24, 2.45) is 5.92 Å². The van der Waals surface area contributed by atoms with Gasteiger partial charge < -0.3 is 10.6 Å². The maximum Gasteiger partial charge on any atom is 0.240 e. The van der Waals surface area contributed by atoms with Crippen molar-refractivity contribution in [1.82, 2.24) is 10.6 Å². The average molecular weight is 195 g/mol. The van der Waals surface area contributed by atoms with E-state index in [0.29, 0.717) is 6.54 Å². The van der Waals surface area contributed by atoms with Crippen molar-refractivity contribution in [3.63, 3.8) is 0 Å². The Bertz CT molecular complexity index is 251. The van der Waals surface area contributed by atoms with Gasteiger partial charge in [0.25, 0.3) is 0 Å². The van der Waals surface area contributed by atoms with Gasteiger partial charge in [0.1, 0.15) is 0 Å². The van der Waals surface area contributed by atoms with Gasteiger partial charge in [-0.3, -0.25) is 4.79 Å². The molecule has 1 aliphatic heterocycles. The lowest BCUT2D eigenvalue weighted by Crippen LogP contribution is -2.51. The zero-order valence-electron chi connectivity index (χ0n) is 8.76. The van der Waals surface area contributed by atoms with Gasteiger partial charge in [-0.25, -0.2) is 0 Å². The predicted molar refractivity (Wildman–Crippen MR) is 53.4 cm³/mol. The van der Waals surface area contributed by atoms with Crippen LogP contribution in [0.1, 0.15) is 26.7 Å². The molecule has 0 radical (unpaired) electrons. The van der Waals surface area contributed by atoms with E-state index in [4.69, 9.17) is 5.26 Å². The number of nitrogens with one attached hydrogen (secondary N) is 2. The number of hydrogen-bond donors (Lipinski definition) is 2. The van der Waals surface area contributed by atoms with Crippen molar-refractivity contribution in [2.45, 2.75) is 32.2 Å². The third-order valence-electron chi connectivity index (χ3n) is 2.66. The van der Waals surface area contributed by atoms with Crippen LogP contribution in [0.15, 0.2) is 0 Å². The van der Waals surface area contributed by atoms with Crippen LogP contribution in [0.25, 0.3) is 0 Å². The molecule has 1 fully saturated rings. The molecule has 1 heterocycles. The van der Waals surface area contributed by atoms with Gasteiger partial charge in [0.2, 0.25) is 5.91 Å². The summed E-state index contributed by atoms with van der Waals surface area (Å²) in [5, 5.41) is 14.5. The molecule has 1 amide bonds. The molecule has 2 unspecified atom stereocenters. The normalized spacial score (nSPS) is 28.1. The van der Waals surface area contributed by atoms with Crippen LogP contribution in [-0.4, -0.2) is 24.5 Å². The molecule has 0 aromatic heterocycles. The van der Waals surface area contributed by atoms with E-state index in [1.807, 2.05) is 6.92 Å². The number of rotatable bonds is 3. The minimum Gasteiger partial charge on any atom is -0.353 e. The number of amides is 1. The Kier molecular flexibility index (Phi) is 3.48. The maximum absolute atomic E-state index is 11.7. The minimum absolute atomic E-state index is 0.0112. The van der Waals surface area contributed by atoms with Gasteiger partial charge >= 0.3 is 0 Å². The monoisotopic (exact) mass is 195 g/mol. The molecular formula is C10H17N3O. The SMILES string of the molecule is CC(C#N)CNC(=O)C1(C)CCCN1. The molecule has 0 saturated carbocycles. The quantitative estimate of drug-likeness (QED) is 0.685. The molecule has 1 aliphatic rings. The average Bonchev–Trinajstić information content (AvgIpc) is 2.62. The van der Waals surface area contributed by atoms with Gasteiger partial charge in [-0.15, -0.1) is 0 Å². The first-order valence-corrected chi connectivity index (χ1v) is 5.01. The Labute approximate surface area is 84.7 Å². The second kappa shape index (κ2) is 4.43. The first-order valence-electron chi connectivity index (χ1n) is 5.01. The lowest BCUT2D eigenvalue weighted by molar-refractivity contribution is -0.126. The Hall–Kier alpha value is -1.08. The molecule has 4 nitrogen and oxygen atoms in total. The summed E-state index contributed by atoms with van der Waals surface area (Å²) in [5.41, 5.74) is -0.421. The van der Waals surface area contributed by atoms with Crippen LogP contribution in [0.4, 0.5) is 0 Å². The van der Waals surface area contributed by atoms with E-state index in [2.05, 4.69) is 16.7 Å². The van der Waals surface area contributed by atoms with E-state index in [-0.39, 0.29) is 11.8 Å². The lowest BCUT2D eigenvalue weighted by Gasteiger charge is -2.23. The van der Waals surface area contributed by atoms with Crippen LogP contribution in [-0.2, 0) is 4.79 Å². The maximum atomic E-state index is 11.7. The van der Waals surface area contributed by atoms with Crippen LogP contribution < -0.4 is 10.6 Å². The Morgan fingerprint density at radius 2 is 2.50 bits per heavy atom. The summed E-state index contributed by atoms with van der Waals surface area (Å²) in [6, 6.07) is 2.09. The van der Waals surface area contributed by atoms with Crippen LogP contribution >= 0.6 is 0 Å². The summed E-state index contributed by atoms with van der Waals surface area (Å²) in [5.74, 6) is -0.110. The van der Waals surface area contributed by atoms with Crippen molar-refractivity contribution < 1.29 is 4.79 Å². The van der Waals surface area contributed by atoms with E-state index >= 15 is 0 Å². The molecular weight excluding hydrogens is 178 g/mol. The largest absolute Gasteiger partial charge is 0.353 e. The molecule has 14 heavy (non-hydrogen) atoms. The Balaban J connectivity index is 2.38. The fraction of sp³-hybridized carbons (Fsp3) is 0.800. The highest BCUT2D eigenvalue weighted by atomic mass is 16.2. The Morgan fingerprint density at radius 3 is 3.00 bits per heavy atom. The number of hydrogen-bond acceptors (Lipinski definition) is 3. The van der Waals surface area contributed by atoms with Crippen LogP contribution in [0.2, 0.25) is 0 Å². The molecule has 4 heteroatoms. The number of carbonyl (C=O) groups is 1. The lowest BCUT2D eigenvalue weighted by atomic mass is 9.99. The van der Waals surface area contributed by atoms with E-state index in [1.54, 1.807) is 6.92 Å². The van der Waals surface area contributed by atoms with Crippen molar-refractivity contribution >= 4 is 5.91 Å². The van der Waals surface area contributed by atoms with Crippen LogP contribution in [0.3, 0.4) is 0 Å². The van der Waals surface area contributed by atoms with Crippen molar-refractivity contribution in [1.29, 1.82) is 5.26 Å². The fourth-order valence-corrected chi connectivity index (χ4v) is 1.57.